The first-order chi connectivity index (χ1) is 8.29. The molecule has 1 N–H and O–H groups in total. The van der Waals surface area contributed by atoms with Crippen LogP contribution < -0.4 is 0 Å². The molecule has 17 heavy (non-hydrogen) atoms. The van der Waals surface area contributed by atoms with Crippen molar-refractivity contribution < 1.29 is 9.52 Å². The third kappa shape index (κ3) is 1.54. The number of nitrogens with zero attached hydrogens (tertiary/aromatic N) is 2. The van der Waals surface area contributed by atoms with Gasteiger partial charge >= 0.3 is 0 Å². The maximum absolute atomic E-state index is 9.01. The molecular weight excluding hydrogens is 216 g/mol. The van der Waals surface area contributed by atoms with Crippen LogP contribution in [0.2, 0.25) is 0 Å². The zero-order valence-electron chi connectivity index (χ0n) is 9.42. The Morgan fingerprint density at radius 1 is 1.24 bits per heavy atom. The highest BCUT2D eigenvalue weighted by Gasteiger charge is 2.13. The highest BCUT2D eigenvalue weighted by atomic mass is 16.4. The van der Waals surface area contributed by atoms with Crippen molar-refractivity contribution in [2.24, 2.45) is 7.05 Å². The zero-order valence-corrected chi connectivity index (χ0v) is 9.42. The molecule has 0 saturated carbocycles. The minimum Gasteiger partial charge on any atom is -0.457 e. The summed E-state index contributed by atoms with van der Waals surface area (Å²) in [6, 6.07) is 11.5. The van der Waals surface area contributed by atoms with Crippen LogP contribution in [0.15, 0.2) is 40.8 Å². The average Bonchev–Trinajstić information content (AvgIpc) is 2.91. The van der Waals surface area contributed by atoms with Crippen molar-refractivity contribution in [3.05, 3.63) is 42.2 Å². The number of aliphatic hydroxyl groups is 1. The summed E-state index contributed by atoms with van der Waals surface area (Å²) in [5.41, 5.74) is 1.87. The third-order valence-corrected chi connectivity index (χ3v) is 2.79. The van der Waals surface area contributed by atoms with Crippen molar-refractivity contribution in [3.8, 4) is 11.5 Å². The fourth-order valence-corrected chi connectivity index (χ4v) is 2.03. The van der Waals surface area contributed by atoms with Crippen molar-refractivity contribution in [2.45, 2.75) is 6.61 Å². The predicted molar refractivity (Wildman–Crippen MR) is 64.3 cm³/mol. The molecule has 0 saturated heterocycles. The Morgan fingerprint density at radius 3 is 2.82 bits per heavy atom. The fraction of sp³-hybridized carbons (Fsp3) is 0.154. The standard InChI is InChI=1S/C13H12N2O2/c1-15-13(12-7-6-9(8-16)17-12)10-4-2-3-5-11(10)14-15/h2-7,16H,8H2,1H3. The van der Waals surface area contributed by atoms with Gasteiger partial charge in [0.25, 0.3) is 0 Å². The lowest BCUT2D eigenvalue weighted by Gasteiger charge is -1.98. The summed E-state index contributed by atoms with van der Waals surface area (Å²) in [4.78, 5) is 0. The van der Waals surface area contributed by atoms with Crippen LogP contribution >= 0.6 is 0 Å². The number of aromatic nitrogens is 2. The maximum Gasteiger partial charge on any atom is 0.153 e. The van der Waals surface area contributed by atoms with E-state index >= 15 is 0 Å². The van der Waals surface area contributed by atoms with Gasteiger partial charge in [-0.25, -0.2) is 0 Å². The van der Waals surface area contributed by atoms with E-state index in [0.717, 1.165) is 22.4 Å². The summed E-state index contributed by atoms with van der Waals surface area (Å²) in [7, 11) is 1.89. The van der Waals surface area contributed by atoms with Crippen LogP contribution in [0.3, 0.4) is 0 Å². The number of benzene rings is 1. The quantitative estimate of drug-likeness (QED) is 0.732. The molecule has 3 aromatic rings. The normalized spacial score (nSPS) is 11.2. The highest BCUT2D eigenvalue weighted by molar-refractivity contribution is 5.91. The molecule has 0 atom stereocenters. The molecule has 2 aromatic heterocycles. The van der Waals surface area contributed by atoms with E-state index in [0.29, 0.717) is 5.76 Å². The second-order valence-corrected chi connectivity index (χ2v) is 3.91. The lowest BCUT2D eigenvalue weighted by Crippen LogP contribution is -1.92. The molecule has 0 fully saturated rings. The lowest BCUT2D eigenvalue weighted by atomic mass is 10.2. The molecule has 0 amide bonds. The van der Waals surface area contributed by atoms with Gasteiger partial charge < -0.3 is 9.52 Å². The van der Waals surface area contributed by atoms with Gasteiger partial charge in [0.2, 0.25) is 0 Å². The second-order valence-electron chi connectivity index (χ2n) is 3.91. The lowest BCUT2D eigenvalue weighted by molar-refractivity contribution is 0.248. The zero-order chi connectivity index (χ0) is 11.8. The number of hydrogen-bond donors (Lipinski definition) is 1. The van der Waals surface area contributed by atoms with Gasteiger partial charge in [-0.3, -0.25) is 4.68 Å². The minimum atomic E-state index is -0.0875. The van der Waals surface area contributed by atoms with Gasteiger partial charge in [0.15, 0.2) is 5.76 Å². The van der Waals surface area contributed by atoms with Crippen LogP contribution in [-0.2, 0) is 13.7 Å². The van der Waals surface area contributed by atoms with Gasteiger partial charge in [0, 0.05) is 12.4 Å². The SMILES string of the molecule is Cn1nc2ccccc2c1-c1ccc(CO)o1. The van der Waals surface area contributed by atoms with E-state index in [9.17, 15) is 0 Å². The van der Waals surface area contributed by atoms with Crippen LogP contribution in [0.25, 0.3) is 22.4 Å². The molecule has 2 heterocycles. The van der Waals surface area contributed by atoms with E-state index in [1.165, 1.54) is 0 Å². The largest absolute Gasteiger partial charge is 0.457 e. The molecule has 4 heteroatoms. The number of rotatable bonds is 2. The first-order valence-electron chi connectivity index (χ1n) is 5.41. The molecule has 0 aliphatic heterocycles. The van der Waals surface area contributed by atoms with E-state index in [-0.39, 0.29) is 6.61 Å². The molecular formula is C13H12N2O2. The van der Waals surface area contributed by atoms with Gasteiger partial charge in [0.05, 0.1) is 5.52 Å². The molecule has 1 aromatic carbocycles. The number of hydrogen-bond acceptors (Lipinski definition) is 3. The van der Waals surface area contributed by atoms with Crippen LogP contribution in [-0.4, -0.2) is 14.9 Å². The van der Waals surface area contributed by atoms with Crippen LogP contribution in [0.1, 0.15) is 5.76 Å². The van der Waals surface area contributed by atoms with Crippen molar-refractivity contribution in [2.75, 3.05) is 0 Å². The van der Waals surface area contributed by atoms with Crippen molar-refractivity contribution >= 4 is 10.9 Å². The summed E-state index contributed by atoms with van der Waals surface area (Å²) in [5, 5.41) is 14.5. The Labute approximate surface area is 98.1 Å². The van der Waals surface area contributed by atoms with E-state index < -0.39 is 0 Å². The molecule has 0 bridgehead atoms. The summed E-state index contributed by atoms with van der Waals surface area (Å²) in [5.74, 6) is 1.29. The number of aryl methyl sites for hydroxylation is 1. The summed E-state index contributed by atoms with van der Waals surface area (Å²) < 4.78 is 7.35. The maximum atomic E-state index is 9.01. The number of aliphatic hydroxyl groups excluding tert-OH is 1. The van der Waals surface area contributed by atoms with E-state index in [4.69, 9.17) is 9.52 Å². The van der Waals surface area contributed by atoms with E-state index in [1.54, 1.807) is 10.7 Å². The fourth-order valence-electron chi connectivity index (χ4n) is 2.03. The van der Waals surface area contributed by atoms with Gasteiger partial charge in [-0.1, -0.05) is 18.2 Å². The van der Waals surface area contributed by atoms with E-state index in [1.807, 2.05) is 37.4 Å². The van der Waals surface area contributed by atoms with Crippen LogP contribution in [0, 0.1) is 0 Å². The summed E-state index contributed by atoms with van der Waals surface area (Å²) >= 11 is 0. The van der Waals surface area contributed by atoms with Crippen LogP contribution in [0.5, 0.6) is 0 Å². The van der Waals surface area contributed by atoms with Gasteiger partial charge in [-0.15, -0.1) is 0 Å². The second kappa shape index (κ2) is 3.75. The van der Waals surface area contributed by atoms with Gasteiger partial charge in [-0.05, 0) is 18.2 Å². The van der Waals surface area contributed by atoms with Crippen molar-refractivity contribution in [1.29, 1.82) is 0 Å². The summed E-state index contributed by atoms with van der Waals surface area (Å²) in [6.45, 7) is -0.0875. The minimum absolute atomic E-state index is 0.0875. The average molecular weight is 228 g/mol. The predicted octanol–water partition coefficient (Wildman–Crippen LogP) is 2.33. The Bertz CT molecular complexity index is 667. The first kappa shape index (κ1) is 10.1. The molecule has 0 radical (unpaired) electrons. The van der Waals surface area contributed by atoms with Crippen molar-refractivity contribution in [3.63, 3.8) is 0 Å². The van der Waals surface area contributed by atoms with Crippen molar-refractivity contribution in [1.82, 2.24) is 9.78 Å². The number of fused-ring (bicyclic) bond motifs is 1. The molecule has 0 aliphatic rings. The third-order valence-electron chi connectivity index (χ3n) is 2.79. The number of furan rings is 1. The molecule has 3 rings (SSSR count). The Morgan fingerprint density at radius 2 is 2.06 bits per heavy atom. The molecule has 0 unspecified atom stereocenters. The highest BCUT2D eigenvalue weighted by Crippen LogP contribution is 2.29. The van der Waals surface area contributed by atoms with Gasteiger partial charge in [-0.2, -0.15) is 5.10 Å². The molecule has 4 nitrogen and oxygen atoms in total. The van der Waals surface area contributed by atoms with Crippen LogP contribution in [0.4, 0.5) is 0 Å². The topological polar surface area (TPSA) is 51.2 Å². The Hall–Kier alpha value is -2.07. The molecule has 0 aliphatic carbocycles. The molecule has 86 valence electrons. The van der Waals surface area contributed by atoms with Gasteiger partial charge in [0.1, 0.15) is 18.1 Å². The van der Waals surface area contributed by atoms with E-state index in [2.05, 4.69) is 5.10 Å². The first-order valence-corrected chi connectivity index (χ1v) is 5.41. The monoisotopic (exact) mass is 228 g/mol. The Balaban J connectivity index is 2.25. The summed E-state index contributed by atoms with van der Waals surface area (Å²) in [6.07, 6.45) is 0. The Kier molecular flexibility index (Phi) is 2.23. The molecule has 0 spiro atoms. The smallest absolute Gasteiger partial charge is 0.153 e.